The summed E-state index contributed by atoms with van der Waals surface area (Å²) in [5, 5.41) is 3.50. The molecule has 2 aromatic heterocycles. The zero-order chi connectivity index (χ0) is 20.2. The summed E-state index contributed by atoms with van der Waals surface area (Å²) in [4.78, 5) is 27.7. The van der Waals surface area contributed by atoms with E-state index in [0.29, 0.717) is 16.7 Å². The Morgan fingerprint density at radius 2 is 1.93 bits per heavy atom. The summed E-state index contributed by atoms with van der Waals surface area (Å²) in [5.41, 5.74) is 4.50. The molecular weight excluding hydrogens is 362 g/mol. The first-order valence-corrected chi connectivity index (χ1v) is 10.4. The van der Waals surface area contributed by atoms with Crippen LogP contribution < -0.4 is 10.2 Å². The van der Waals surface area contributed by atoms with Crippen LogP contribution in [0.15, 0.2) is 36.7 Å². The van der Waals surface area contributed by atoms with E-state index < -0.39 is 5.41 Å². The SMILES string of the molecule is CC(C)(C)C(=O)c1c[nH]c2ncc(-c3cccc(N4CC5CNCC5C4)c3)nc12. The number of H-pyrrole nitrogens is 1. The number of nitrogens with zero attached hydrogens (tertiary/aromatic N) is 3. The first-order valence-electron chi connectivity index (χ1n) is 10.4. The Morgan fingerprint density at radius 1 is 1.17 bits per heavy atom. The van der Waals surface area contributed by atoms with E-state index in [9.17, 15) is 4.79 Å². The van der Waals surface area contributed by atoms with Crippen LogP contribution in [0.1, 0.15) is 31.1 Å². The number of anilines is 1. The van der Waals surface area contributed by atoms with Crippen LogP contribution in [0.5, 0.6) is 0 Å². The molecule has 2 unspecified atom stereocenters. The van der Waals surface area contributed by atoms with Gasteiger partial charge in [0.25, 0.3) is 0 Å². The van der Waals surface area contributed by atoms with Crippen molar-refractivity contribution in [2.24, 2.45) is 17.3 Å². The van der Waals surface area contributed by atoms with Gasteiger partial charge in [-0.3, -0.25) is 4.79 Å². The number of hydrogen-bond acceptors (Lipinski definition) is 5. The van der Waals surface area contributed by atoms with Gasteiger partial charge in [0.1, 0.15) is 5.52 Å². The average molecular weight is 390 g/mol. The molecule has 0 spiro atoms. The van der Waals surface area contributed by atoms with Gasteiger partial charge in [-0.05, 0) is 24.0 Å². The molecule has 2 saturated heterocycles. The topological polar surface area (TPSA) is 73.9 Å². The molecular formula is C23H27N5O. The van der Waals surface area contributed by atoms with Crippen molar-refractivity contribution >= 4 is 22.6 Å². The van der Waals surface area contributed by atoms with E-state index >= 15 is 0 Å². The van der Waals surface area contributed by atoms with Crippen molar-refractivity contribution in [2.75, 3.05) is 31.1 Å². The Balaban J connectivity index is 1.49. The van der Waals surface area contributed by atoms with E-state index in [1.165, 1.54) is 5.69 Å². The number of nitrogens with one attached hydrogen (secondary N) is 2. The minimum absolute atomic E-state index is 0.0705. The molecule has 0 amide bonds. The van der Waals surface area contributed by atoms with Crippen LogP contribution >= 0.6 is 0 Å². The smallest absolute Gasteiger partial charge is 0.171 e. The number of aromatic amines is 1. The molecule has 29 heavy (non-hydrogen) atoms. The van der Waals surface area contributed by atoms with Gasteiger partial charge in [0.15, 0.2) is 11.4 Å². The predicted molar refractivity (Wildman–Crippen MR) is 115 cm³/mol. The number of aromatic nitrogens is 3. The molecule has 3 aromatic rings. The molecule has 2 aliphatic rings. The van der Waals surface area contributed by atoms with Crippen LogP contribution in [0.2, 0.25) is 0 Å². The highest BCUT2D eigenvalue weighted by Crippen LogP contribution is 2.33. The van der Waals surface area contributed by atoms with Gasteiger partial charge in [0, 0.05) is 49.0 Å². The molecule has 2 fully saturated rings. The minimum Gasteiger partial charge on any atom is -0.371 e. The third-order valence-corrected chi connectivity index (χ3v) is 6.20. The van der Waals surface area contributed by atoms with Crippen molar-refractivity contribution < 1.29 is 4.79 Å². The lowest BCUT2D eigenvalue weighted by Gasteiger charge is -2.20. The zero-order valence-electron chi connectivity index (χ0n) is 17.2. The number of carbonyl (C=O) groups is 1. The van der Waals surface area contributed by atoms with Crippen molar-refractivity contribution in [2.45, 2.75) is 20.8 Å². The number of benzene rings is 1. The molecule has 0 saturated carbocycles. The maximum absolute atomic E-state index is 12.8. The molecule has 2 aliphatic heterocycles. The fraction of sp³-hybridized carbons (Fsp3) is 0.435. The molecule has 1 aromatic carbocycles. The maximum atomic E-state index is 12.8. The quantitative estimate of drug-likeness (QED) is 0.671. The summed E-state index contributed by atoms with van der Waals surface area (Å²) in [6, 6.07) is 8.52. The highest BCUT2D eigenvalue weighted by molar-refractivity contribution is 6.08. The van der Waals surface area contributed by atoms with Gasteiger partial charge in [0.2, 0.25) is 0 Å². The average Bonchev–Trinajstić information content (AvgIpc) is 3.40. The first kappa shape index (κ1) is 18.3. The third-order valence-electron chi connectivity index (χ3n) is 6.20. The lowest BCUT2D eigenvalue weighted by atomic mass is 9.87. The van der Waals surface area contributed by atoms with Gasteiger partial charge in [-0.1, -0.05) is 32.9 Å². The Hall–Kier alpha value is -2.73. The van der Waals surface area contributed by atoms with Crippen molar-refractivity contribution in [3.05, 3.63) is 42.2 Å². The molecule has 0 aliphatic carbocycles. The summed E-state index contributed by atoms with van der Waals surface area (Å²) in [6.45, 7) is 10.2. The second-order valence-electron chi connectivity index (χ2n) is 9.37. The van der Waals surface area contributed by atoms with Gasteiger partial charge in [0.05, 0.1) is 17.5 Å². The summed E-state index contributed by atoms with van der Waals surface area (Å²) in [5.74, 6) is 1.57. The van der Waals surface area contributed by atoms with Crippen molar-refractivity contribution in [1.82, 2.24) is 20.3 Å². The Bertz CT molecular complexity index is 1070. The number of ketones is 1. The summed E-state index contributed by atoms with van der Waals surface area (Å²) in [7, 11) is 0. The van der Waals surface area contributed by atoms with Gasteiger partial charge < -0.3 is 15.2 Å². The van der Waals surface area contributed by atoms with Crippen LogP contribution in [0, 0.1) is 17.3 Å². The Kier molecular flexibility index (Phi) is 4.21. The first-order chi connectivity index (χ1) is 13.9. The molecule has 150 valence electrons. The van der Waals surface area contributed by atoms with Crippen LogP contribution in [-0.2, 0) is 0 Å². The van der Waals surface area contributed by atoms with Crippen molar-refractivity contribution in [3.63, 3.8) is 0 Å². The molecule has 0 radical (unpaired) electrons. The minimum atomic E-state index is -0.463. The van der Waals surface area contributed by atoms with E-state index in [1.54, 1.807) is 12.4 Å². The van der Waals surface area contributed by atoms with Crippen molar-refractivity contribution in [1.29, 1.82) is 0 Å². The molecule has 2 atom stereocenters. The molecule has 5 rings (SSSR count). The molecule has 6 heteroatoms. The molecule has 6 nitrogen and oxygen atoms in total. The number of rotatable bonds is 3. The Labute approximate surface area is 170 Å². The fourth-order valence-electron chi connectivity index (χ4n) is 4.54. The van der Waals surface area contributed by atoms with Crippen LogP contribution in [0.3, 0.4) is 0 Å². The lowest BCUT2D eigenvalue weighted by molar-refractivity contribution is 0.0860. The van der Waals surface area contributed by atoms with E-state index in [1.807, 2.05) is 20.8 Å². The zero-order valence-corrected chi connectivity index (χ0v) is 17.2. The number of Topliss-reactive ketones (excluding diaryl/α,β-unsaturated/α-hetero) is 1. The summed E-state index contributed by atoms with van der Waals surface area (Å²) >= 11 is 0. The van der Waals surface area contributed by atoms with Crippen LogP contribution in [0.25, 0.3) is 22.4 Å². The van der Waals surface area contributed by atoms with Crippen LogP contribution in [0.4, 0.5) is 5.69 Å². The molecule has 4 heterocycles. The second kappa shape index (κ2) is 6.66. The summed E-state index contributed by atoms with van der Waals surface area (Å²) < 4.78 is 0. The van der Waals surface area contributed by atoms with E-state index in [2.05, 4.69) is 44.5 Å². The van der Waals surface area contributed by atoms with Gasteiger partial charge >= 0.3 is 0 Å². The number of carbonyl (C=O) groups excluding carboxylic acids is 1. The molecule has 0 bridgehead atoms. The van der Waals surface area contributed by atoms with E-state index in [4.69, 9.17) is 4.98 Å². The highest BCUT2D eigenvalue weighted by atomic mass is 16.1. The monoisotopic (exact) mass is 389 g/mol. The standard InChI is InChI=1S/C23H27N5O/c1-23(2,3)21(29)18-10-25-22-20(18)27-19(11-26-22)14-5-4-6-17(7-14)28-12-15-8-24-9-16(15)13-28/h4-7,10-11,15-16,24H,8-9,12-13H2,1-3H3,(H,25,26). The van der Waals surface area contributed by atoms with E-state index in [0.717, 1.165) is 49.3 Å². The lowest BCUT2D eigenvalue weighted by Crippen LogP contribution is -2.25. The predicted octanol–water partition coefficient (Wildman–Crippen LogP) is 3.51. The van der Waals surface area contributed by atoms with Crippen molar-refractivity contribution in [3.8, 4) is 11.3 Å². The maximum Gasteiger partial charge on any atom is 0.171 e. The molecule has 2 N–H and O–H groups in total. The third kappa shape index (κ3) is 3.21. The highest BCUT2D eigenvalue weighted by Gasteiger charge is 2.36. The normalized spacial score (nSPS) is 21.7. The second-order valence-corrected chi connectivity index (χ2v) is 9.37. The fourth-order valence-corrected chi connectivity index (χ4v) is 4.54. The Morgan fingerprint density at radius 3 is 2.66 bits per heavy atom. The summed E-state index contributed by atoms with van der Waals surface area (Å²) in [6.07, 6.45) is 3.52. The number of fused-ring (bicyclic) bond motifs is 2. The van der Waals surface area contributed by atoms with Gasteiger partial charge in [-0.2, -0.15) is 0 Å². The number of hydrogen-bond donors (Lipinski definition) is 2. The van der Waals surface area contributed by atoms with Gasteiger partial charge in [-0.15, -0.1) is 0 Å². The van der Waals surface area contributed by atoms with E-state index in [-0.39, 0.29) is 5.78 Å². The van der Waals surface area contributed by atoms with Crippen LogP contribution in [-0.4, -0.2) is 46.9 Å². The van der Waals surface area contributed by atoms with Gasteiger partial charge in [-0.25, -0.2) is 9.97 Å². The largest absolute Gasteiger partial charge is 0.371 e.